The first-order valence-electron chi connectivity index (χ1n) is 3.60. The summed E-state index contributed by atoms with van der Waals surface area (Å²) < 4.78 is 4.96. The highest BCUT2D eigenvalue weighted by Crippen LogP contribution is 2.26. The highest BCUT2D eigenvalue weighted by molar-refractivity contribution is 5.46. The van der Waals surface area contributed by atoms with E-state index in [1.54, 1.807) is 12.1 Å². The summed E-state index contributed by atoms with van der Waals surface area (Å²) in [6.45, 7) is 4.69. The molecule has 0 bridgehead atoms. The van der Waals surface area contributed by atoms with Crippen molar-refractivity contribution in [1.82, 2.24) is 0 Å². The molecular weight excluding hydrogens is 170 g/mol. The number of rotatable bonds is 4. The van der Waals surface area contributed by atoms with Crippen LogP contribution in [-0.2, 0) is 0 Å². The van der Waals surface area contributed by atoms with Crippen LogP contribution in [0.4, 0.5) is 5.69 Å². The lowest BCUT2D eigenvalue weighted by molar-refractivity contribution is -0.385. The van der Waals surface area contributed by atoms with Gasteiger partial charge >= 0.3 is 5.69 Å². The highest BCUT2D eigenvalue weighted by Gasteiger charge is 2.12. The molecule has 0 aliphatic heterocycles. The van der Waals surface area contributed by atoms with Crippen molar-refractivity contribution >= 4 is 5.69 Å². The summed E-state index contributed by atoms with van der Waals surface area (Å²) in [5.74, 6) is 0.215. The minimum absolute atomic E-state index is 0.0550. The normalized spacial score (nSPS) is 9.23. The van der Waals surface area contributed by atoms with E-state index in [1.807, 2.05) is 0 Å². The van der Waals surface area contributed by atoms with E-state index in [1.165, 1.54) is 24.8 Å². The molecule has 0 amide bonds. The van der Waals surface area contributed by atoms with Gasteiger partial charge in [-0.15, -0.1) is 0 Å². The molecule has 1 aromatic rings. The molecule has 4 nitrogen and oxygen atoms in total. The number of nitro benzene ring substituents is 1. The van der Waals surface area contributed by atoms with Crippen molar-refractivity contribution in [3.63, 3.8) is 0 Å². The van der Waals surface area contributed by atoms with Crippen molar-refractivity contribution in [2.24, 2.45) is 0 Å². The molecule has 0 saturated carbocycles. The molecule has 1 radical (unpaired) electrons. The molecule has 1 aromatic carbocycles. The topological polar surface area (TPSA) is 52.4 Å². The van der Waals surface area contributed by atoms with Gasteiger partial charge < -0.3 is 4.74 Å². The molecule has 0 heterocycles. The van der Waals surface area contributed by atoms with Gasteiger partial charge in [0.15, 0.2) is 12.4 Å². The minimum Gasteiger partial charge on any atom is -0.475 e. The first-order chi connectivity index (χ1) is 6.25. The maximum absolute atomic E-state index is 10.5. The summed E-state index contributed by atoms with van der Waals surface area (Å²) in [7, 11) is 0. The fraction of sp³-hybridized carbons (Fsp3) is 0. The Morgan fingerprint density at radius 3 is 2.77 bits per heavy atom. The Hall–Kier alpha value is -1.84. The van der Waals surface area contributed by atoms with Crippen LogP contribution >= 0.6 is 0 Å². The van der Waals surface area contributed by atoms with Crippen LogP contribution in [0.1, 0.15) is 0 Å². The molecule has 4 heteroatoms. The Kier molecular flexibility index (Phi) is 3.03. The molecule has 0 atom stereocenters. The molecule has 67 valence electrons. The number of nitrogens with zero attached hydrogens (tertiary/aromatic N) is 1. The van der Waals surface area contributed by atoms with Gasteiger partial charge in [0.2, 0.25) is 0 Å². The first-order valence-corrected chi connectivity index (χ1v) is 3.60. The molecule has 0 N–H and O–H groups in total. The zero-order valence-corrected chi connectivity index (χ0v) is 6.84. The monoisotopic (exact) mass is 178 g/mol. The molecule has 0 aliphatic carbocycles. The number of hydrogen-bond acceptors (Lipinski definition) is 3. The molecule has 0 saturated heterocycles. The predicted molar refractivity (Wildman–Crippen MR) is 48.2 cm³/mol. The van der Waals surface area contributed by atoms with Gasteiger partial charge in [0, 0.05) is 6.07 Å². The standard InChI is InChI=1S/C9H8NO3/c1-2-7-13-9-6-4-3-5-8(9)10(11)12/h2-7H,1H2. The zero-order chi connectivity index (χ0) is 9.68. The van der Waals surface area contributed by atoms with Crippen molar-refractivity contribution in [3.8, 4) is 5.75 Å². The van der Waals surface area contributed by atoms with Crippen molar-refractivity contribution < 1.29 is 9.66 Å². The minimum atomic E-state index is -0.494. The van der Waals surface area contributed by atoms with Gasteiger partial charge in [-0.1, -0.05) is 18.7 Å². The van der Waals surface area contributed by atoms with Crippen molar-refractivity contribution in [2.75, 3.05) is 0 Å². The zero-order valence-electron chi connectivity index (χ0n) is 6.84. The SMILES string of the molecule is C=C[CH]Oc1ccccc1[N+](=O)[O-]. The number of nitro groups is 1. The fourth-order valence-corrected chi connectivity index (χ4v) is 0.829. The Morgan fingerprint density at radius 1 is 1.46 bits per heavy atom. The van der Waals surface area contributed by atoms with E-state index in [9.17, 15) is 10.1 Å². The Morgan fingerprint density at radius 2 is 2.15 bits per heavy atom. The molecule has 13 heavy (non-hydrogen) atoms. The lowest BCUT2D eigenvalue weighted by Gasteiger charge is -2.01. The van der Waals surface area contributed by atoms with Gasteiger partial charge in [-0.3, -0.25) is 10.1 Å². The van der Waals surface area contributed by atoms with E-state index >= 15 is 0 Å². The van der Waals surface area contributed by atoms with E-state index < -0.39 is 4.92 Å². The second-order valence-corrected chi connectivity index (χ2v) is 2.21. The molecule has 0 aromatic heterocycles. The average Bonchev–Trinajstić information content (AvgIpc) is 2.15. The maximum atomic E-state index is 10.5. The van der Waals surface area contributed by atoms with E-state index in [2.05, 4.69) is 6.58 Å². The van der Waals surface area contributed by atoms with Gasteiger partial charge in [0.25, 0.3) is 0 Å². The summed E-state index contributed by atoms with van der Waals surface area (Å²) in [6, 6.07) is 6.16. The first kappa shape index (κ1) is 9.25. The van der Waals surface area contributed by atoms with Crippen LogP contribution in [-0.4, -0.2) is 4.92 Å². The van der Waals surface area contributed by atoms with Crippen LogP contribution in [0.5, 0.6) is 5.75 Å². The summed E-state index contributed by atoms with van der Waals surface area (Å²) in [5, 5.41) is 10.5. The van der Waals surface area contributed by atoms with Gasteiger partial charge in [0.05, 0.1) is 4.92 Å². The molecular formula is C9H8NO3. The van der Waals surface area contributed by atoms with Crippen molar-refractivity contribution in [1.29, 1.82) is 0 Å². The van der Waals surface area contributed by atoms with E-state index in [-0.39, 0.29) is 11.4 Å². The number of hydrogen-bond donors (Lipinski definition) is 0. The lowest BCUT2D eigenvalue weighted by Crippen LogP contribution is -1.93. The molecule has 0 spiro atoms. The van der Waals surface area contributed by atoms with Gasteiger partial charge in [-0.2, -0.15) is 0 Å². The lowest BCUT2D eigenvalue weighted by atomic mass is 10.3. The van der Waals surface area contributed by atoms with Crippen LogP contribution in [0, 0.1) is 16.7 Å². The fourth-order valence-electron chi connectivity index (χ4n) is 0.829. The molecule has 0 unspecified atom stereocenters. The maximum Gasteiger partial charge on any atom is 0.310 e. The molecule has 1 rings (SSSR count). The Labute approximate surface area is 75.6 Å². The van der Waals surface area contributed by atoms with E-state index in [0.29, 0.717) is 0 Å². The Balaban J connectivity index is 2.90. The van der Waals surface area contributed by atoms with Crippen LogP contribution in [0.15, 0.2) is 36.9 Å². The second kappa shape index (κ2) is 4.25. The number of para-hydroxylation sites is 2. The smallest absolute Gasteiger partial charge is 0.310 e. The average molecular weight is 178 g/mol. The van der Waals surface area contributed by atoms with E-state index in [0.717, 1.165) is 0 Å². The quantitative estimate of drug-likeness (QED) is 0.525. The van der Waals surface area contributed by atoms with Crippen LogP contribution in [0.3, 0.4) is 0 Å². The van der Waals surface area contributed by atoms with Crippen LogP contribution in [0.25, 0.3) is 0 Å². The van der Waals surface area contributed by atoms with Gasteiger partial charge in [-0.05, 0) is 12.1 Å². The predicted octanol–water partition coefficient (Wildman–Crippen LogP) is 2.32. The summed E-state index contributed by atoms with van der Waals surface area (Å²) in [5.41, 5.74) is -0.0550. The second-order valence-electron chi connectivity index (χ2n) is 2.21. The summed E-state index contributed by atoms with van der Waals surface area (Å²) in [4.78, 5) is 9.98. The van der Waals surface area contributed by atoms with E-state index in [4.69, 9.17) is 4.74 Å². The van der Waals surface area contributed by atoms with Crippen molar-refractivity contribution in [2.45, 2.75) is 0 Å². The molecule has 0 aliphatic rings. The van der Waals surface area contributed by atoms with Crippen LogP contribution < -0.4 is 4.74 Å². The number of ether oxygens (including phenoxy) is 1. The van der Waals surface area contributed by atoms with Gasteiger partial charge in [0.1, 0.15) is 0 Å². The largest absolute Gasteiger partial charge is 0.475 e. The summed E-state index contributed by atoms with van der Waals surface area (Å²) in [6.07, 6.45) is 1.41. The molecule has 0 fully saturated rings. The highest BCUT2D eigenvalue weighted by atomic mass is 16.6. The van der Waals surface area contributed by atoms with Gasteiger partial charge in [-0.25, -0.2) is 0 Å². The Bertz CT molecular complexity index is 322. The third-order valence-electron chi connectivity index (χ3n) is 1.35. The number of benzene rings is 1. The van der Waals surface area contributed by atoms with Crippen LogP contribution in [0.2, 0.25) is 0 Å². The van der Waals surface area contributed by atoms with Crippen molar-refractivity contribution in [3.05, 3.63) is 53.6 Å². The third-order valence-corrected chi connectivity index (χ3v) is 1.35. The third kappa shape index (κ3) is 2.30. The summed E-state index contributed by atoms with van der Waals surface area (Å²) >= 11 is 0.